The van der Waals surface area contributed by atoms with E-state index in [0.717, 1.165) is 55.2 Å². The molecule has 1 fully saturated rings. The molecule has 4 rings (SSSR count). The Morgan fingerprint density at radius 3 is 2.48 bits per heavy atom. The van der Waals surface area contributed by atoms with Crippen molar-refractivity contribution in [2.24, 2.45) is 0 Å². The minimum atomic E-state index is -0.256. The van der Waals surface area contributed by atoms with Gasteiger partial charge in [-0.15, -0.1) is 0 Å². The summed E-state index contributed by atoms with van der Waals surface area (Å²) in [5.41, 5.74) is 2.95. The van der Waals surface area contributed by atoms with Crippen LogP contribution < -0.4 is 4.74 Å². The SMILES string of the molecule is CN1CCN(Cc2cc(-c3ccc(F)cc3)ccc2OCC(=O)N(C)Cc2ccco2)CC1. The summed E-state index contributed by atoms with van der Waals surface area (Å²) in [6, 6.07) is 16.1. The number of hydrogen-bond donors (Lipinski definition) is 0. The molecular formula is C26H30FN3O3. The van der Waals surface area contributed by atoms with E-state index < -0.39 is 0 Å². The van der Waals surface area contributed by atoms with E-state index in [1.165, 1.54) is 12.1 Å². The first kappa shape index (κ1) is 23.0. The summed E-state index contributed by atoms with van der Waals surface area (Å²) in [6.45, 7) is 5.06. The molecule has 6 nitrogen and oxygen atoms in total. The van der Waals surface area contributed by atoms with Crippen LogP contribution in [0.3, 0.4) is 0 Å². The average Bonchev–Trinajstić information content (AvgIpc) is 3.33. The van der Waals surface area contributed by atoms with Gasteiger partial charge in [0.1, 0.15) is 17.3 Å². The van der Waals surface area contributed by atoms with E-state index in [4.69, 9.17) is 9.15 Å². The molecule has 2 heterocycles. The van der Waals surface area contributed by atoms with Gasteiger partial charge < -0.3 is 19.0 Å². The minimum absolute atomic E-state index is 0.0527. The van der Waals surface area contributed by atoms with Crippen molar-refractivity contribution in [1.82, 2.24) is 14.7 Å². The van der Waals surface area contributed by atoms with Gasteiger partial charge in [-0.25, -0.2) is 4.39 Å². The molecule has 0 unspecified atom stereocenters. The van der Waals surface area contributed by atoms with Crippen LogP contribution in [0.15, 0.2) is 65.3 Å². The summed E-state index contributed by atoms with van der Waals surface area (Å²) in [4.78, 5) is 18.9. The Hall–Kier alpha value is -3.16. The number of likely N-dealkylation sites (N-methyl/N-ethyl adjacent to an activating group) is 2. The molecule has 0 bridgehead atoms. The number of amides is 1. The molecule has 1 aliphatic rings. The number of furan rings is 1. The fourth-order valence-corrected chi connectivity index (χ4v) is 3.89. The molecule has 1 saturated heterocycles. The highest BCUT2D eigenvalue weighted by molar-refractivity contribution is 5.77. The van der Waals surface area contributed by atoms with Crippen LogP contribution in [-0.2, 0) is 17.9 Å². The topological polar surface area (TPSA) is 49.2 Å². The fourth-order valence-electron chi connectivity index (χ4n) is 3.89. The highest BCUT2D eigenvalue weighted by atomic mass is 19.1. The lowest BCUT2D eigenvalue weighted by Crippen LogP contribution is -2.43. The summed E-state index contributed by atoms with van der Waals surface area (Å²) in [5.74, 6) is 1.04. The zero-order chi connectivity index (χ0) is 23.2. The first-order valence-electron chi connectivity index (χ1n) is 11.2. The van der Waals surface area contributed by atoms with E-state index in [2.05, 4.69) is 22.9 Å². The Morgan fingerprint density at radius 2 is 1.79 bits per heavy atom. The predicted octanol–water partition coefficient (Wildman–Crippen LogP) is 3.87. The van der Waals surface area contributed by atoms with Crippen molar-refractivity contribution in [1.29, 1.82) is 0 Å². The van der Waals surface area contributed by atoms with Crippen LogP contribution in [0, 0.1) is 5.82 Å². The Morgan fingerprint density at radius 1 is 1.06 bits per heavy atom. The maximum Gasteiger partial charge on any atom is 0.260 e. The van der Waals surface area contributed by atoms with Crippen molar-refractivity contribution in [2.45, 2.75) is 13.1 Å². The molecule has 1 amide bonds. The van der Waals surface area contributed by atoms with Gasteiger partial charge in [-0.3, -0.25) is 9.69 Å². The van der Waals surface area contributed by atoms with Gasteiger partial charge in [0.05, 0.1) is 12.8 Å². The Balaban J connectivity index is 1.48. The lowest BCUT2D eigenvalue weighted by molar-refractivity contribution is -0.132. The summed E-state index contributed by atoms with van der Waals surface area (Å²) in [6.07, 6.45) is 1.59. The van der Waals surface area contributed by atoms with Crippen molar-refractivity contribution in [3.05, 3.63) is 78.0 Å². The molecule has 0 spiro atoms. The first-order valence-corrected chi connectivity index (χ1v) is 11.2. The number of carbonyl (C=O) groups excluding carboxylic acids is 1. The van der Waals surface area contributed by atoms with Crippen molar-refractivity contribution >= 4 is 5.91 Å². The molecule has 1 aromatic heterocycles. The van der Waals surface area contributed by atoms with E-state index in [1.807, 2.05) is 18.2 Å². The van der Waals surface area contributed by atoms with E-state index >= 15 is 0 Å². The molecule has 0 saturated carbocycles. The van der Waals surface area contributed by atoms with Crippen LogP contribution >= 0.6 is 0 Å². The van der Waals surface area contributed by atoms with Crippen molar-refractivity contribution in [3.8, 4) is 16.9 Å². The Kier molecular flexibility index (Phi) is 7.42. The van der Waals surface area contributed by atoms with Crippen molar-refractivity contribution < 1.29 is 18.3 Å². The van der Waals surface area contributed by atoms with E-state index in [1.54, 1.807) is 36.4 Å². The maximum atomic E-state index is 13.4. The van der Waals surface area contributed by atoms with Gasteiger partial charge in [0.2, 0.25) is 0 Å². The van der Waals surface area contributed by atoms with Crippen LogP contribution in [0.2, 0.25) is 0 Å². The van der Waals surface area contributed by atoms with E-state index in [-0.39, 0.29) is 18.3 Å². The summed E-state index contributed by atoms with van der Waals surface area (Å²) >= 11 is 0. The molecule has 0 aliphatic carbocycles. The lowest BCUT2D eigenvalue weighted by atomic mass is 10.0. The molecule has 1 aliphatic heterocycles. The van der Waals surface area contributed by atoms with Crippen LogP contribution in [0.4, 0.5) is 4.39 Å². The van der Waals surface area contributed by atoms with Gasteiger partial charge in [0, 0.05) is 45.3 Å². The Bertz CT molecular complexity index is 1050. The monoisotopic (exact) mass is 451 g/mol. The third-order valence-electron chi connectivity index (χ3n) is 5.98. The third-order valence-corrected chi connectivity index (χ3v) is 5.98. The largest absolute Gasteiger partial charge is 0.483 e. The maximum absolute atomic E-state index is 13.4. The molecule has 0 atom stereocenters. The van der Waals surface area contributed by atoms with Gasteiger partial charge in [-0.2, -0.15) is 0 Å². The second-order valence-electron chi connectivity index (χ2n) is 8.53. The van der Waals surface area contributed by atoms with Gasteiger partial charge in [0.25, 0.3) is 5.91 Å². The molecular weight excluding hydrogens is 421 g/mol. The number of halogens is 1. The van der Waals surface area contributed by atoms with Gasteiger partial charge in [-0.1, -0.05) is 18.2 Å². The first-order chi connectivity index (χ1) is 16.0. The summed E-state index contributed by atoms with van der Waals surface area (Å²) in [5, 5.41) is 0. The van der Waals surface area contributed by atoms with Gasteiger partial charge >= 0.3 is 0 Å². The predicted molar refractivity (Wildman–Crippen MR) is 125 cm³/mol. The Labute approximate surface area is 194 Å². The summed E-state index contributed by atoms with van der Waals surface area (Å²) in [7, 11) is 3.86. The number of hydrogen-bond acceptors (Lipinski definition) is 5. The normalized spacial score (nSPS) is 14.9. The van der Waals surface area contributed by atoms with Crippen molar-refractivity contribution in [3.63, 3.8) is 0 Å². The highest BCUT2D eigenvalue weighted by Gasteiger charge is 2.18. The number of nitrogens with zero attached hydrogens (tertiary/aromatic N) is 3. The van der Waals surface area contributed by atoms with Crippen LogP contribution in [0.1, 0.15) is 11.3 Å². The number of benzene rings is 2. The van der Waals surface area contributed by atoms with Crippen LogP contribution in [-0.4, -0.2) is 67.5 Å². The molecule has 0 radical (unpaired) electrons. The number of piperazine rings is 1. The second kappa shape index (κ2) is 10.6. The van der Waals surface area contributed by atoms with E-state index in [9.17, 15) is 9.18 Å². The number of ether oxygens (including phenoxy) is 1. The van der Waals surface area contributed by atoms with Gasteiger partial charge in [-0.05, 0) is 54.6 Å². The van der Waals surface area contributed by atoms with Crippen LogP contribution in [0.5, 0.6) is 5.75 Å². The quantitative estimate of drug-likeness (QED) is 0.520. The summed E-state index contributed by atoms with van der Waals surface area (Å²) < 4.78 is 24.7. The molecule has 33 heavy (non-hydrogen) atoms. The van der Waals surface area contributed by atoms with Crippen molar-refractivity contribution in [2.75, 3.05) is 46.9 Å². The standard InChI is InChI=1S/C26H30FN3O3/c1-28-11-13-30(14-12-28)17-22-16-21(20-5-8-23(27)9-6-20)7-10-25(22)33-19-26(31)29(2)18-24-4-3-15-32-24/h3-10,15-16H,11-14,17-19H2,1-2H3. The molecule has 0 N–H and O–H groups in total. The molecule has 174 valence electrons. The van der Waals surface area contributed by atoms with Crippen LogP contribution in [0.25, 0.3) is 11.1 Å². The lowest BCUT2D eigenvalue weighted by Gasteiger charge is -2.32. The molecule has 3 aromatic rings. The average molecular weight is 452 g/mol. The highest BCUT2D eigenvalue weighted by Crippen LogP contribution is 2.28. The third kappa shape index (κ3) is 6.21. The smallest absolute Gasteiger partial charge is 0.260 e. The molecule has 2 aromatic carbocycles. The minimum Gasteiger partial charge on any atom is -0.483 e. The fraction of sp³-hybridized carbons (Fsp3) is 0.346. The van der Waals surface area contributed by atoms with E-state index in [0.29, 0.717) is 12.3 Å². The van der Waals surface area contributed by atoms with Gasteiger partial charge in [0.15, 0.2) is 6.61 Å². The molecule has 7 heteroatoms. The number of carbonyl (C=O) groups is 1. The zero-order valence-corrected chi connectivity index (χ0v) is 19.2. The number of rotatable bonds is 8. The zero-order valence-electron chi connectivity index (χ0n) is 19.2. The second-order valence-corrected chi connectivity index (χ2v) is 8.53.